The molecule has 224 valence electrons. The van der Waals surface area contributed by atoms with E-state index in [2.05, 4.69) is 26.0 Å². The van der Waals surface area contributed by atoms with E-state index in [-0.39, 0.29) is 12.1 Å². The number of rotatable bonds is 30. The number of hydrogen-bond donors (Lipinski definition) is 1. The molecule has 0 bridgehead atoms. The average molecular weight is 537 g/mol. The van der Waals surface area contributed by atoms with Crippen molar-refractivity contribution in [2.24, 2.45) is 0 Å². The first-order valence-corrected chi connectivity index (χ1v) is 16.7. The molecule has 0 amide bonds. The van der Waals surface area contributed by atoms with Crippen LogP contribution in [-0.2, 0) is 14.3 Å². The monoisotopic (exact) mass is 536 g/mol. The lowest BCUT2D eigenvalue weighted by Gasteiger charge is -2.18. The van der Waals surface area contributed by atoms with Gasteiger partial charge in [-0.2, -0.15) is 0 Å². The number of carboxylic acid groups (broad SMARTS) is 1. The molecule has 0 saturated heterocycles. The van der Waals surface area contributed by atoms with E-state index in [1.807, 2.05) is 0 Å². The summed E-state index contributed by atoms with van der Waals surface area (Å²) >= 11 is 0. The summed E-state index contributed by atoms with van der Waals surface area (Å²) in [6.07, 6.45) is 35.3. The Balaban J connectivity index is 3.78. The Kier molecular flexibility index (Phi) is 29.2. The first kappa shape index (κ1) is 36.7. The minimum atomic E-state index is -0.679. The Bertz CT molecular complexity index is 543. The molecule has 0 radical (unpaired) electrons. The average Bonchev–Trinajstić information content (AvgIpc) is 2.89. The molecule has 0 aromatic heterocycles. The lowest BCUT2D eigenvalue weighted by molar-refractivity contribution is -0.150. The van der Waals surface area contributed by atoms with E-state index in [1.54, 1.807) is 0 Å². The molecule has 4 heteroatoms. The number of esters is 1. The molecule has 0 aromatic carbocycles. The van der Waals surface area contributed by atoms with E-state index in [4.69, 9.17) is 9.84 Å². The summed E-state index contributed by atoms with van der Waals surface area (Å²) in [5.41, 5.74) is 0. The molecule has 1 N–H and O–H groups in total. The number of aliphatic carboxylic acids is 1. The van der Waals surface area contributed by atoms with Gasteiger partial charge in [0.2, 0.25) is 0 Å². The molecule has 1 atom stereocenters. The van der Waals surface area contributed by atoms with Crippen LogP contribution >= 0.6 is 0 Å². The van der Waals surface area contributed by atoms with Gasteiger partial charge in [-0.3, -0.25) is 9.59 Å². The number of carbonyl (C=O) groups is 2. The molecule has 0 saturated carbocycles. The molecule has 0 spiro atoms. The maximum absolute atomic E-state index is 12.4. The largest absolute Gasteiger partial charge is 0.481 e. The zero-order chi connectivity index (χ0) is 27.9. The van der Waals surface area contributed by atoms with Crippen LogP contribution in [0.2, 0.25) is 0 Å². The van der Waals surface area contributed by atoms with Crippen molar-refractivity contribution in [3.05, 3.63) is 12.2 Å². The molecule has 0 rings (SSSR count). The highest BCUT2D eigenvalue weighted by Crippen LogP contribution is 2.18. The normalized spacial score (nSPS) is 12.3. The predicted octanol–water partition coefficient (Wildman–Crippen LogP) is 11.1. The minimum Gasteiger partial charge on any atom is -0.481 e. The fraction of sp³-hybridized carbons (Fsp3) is 0.882. The smallest absolute Gasteiger partial charge is 0.306 e. The molecule has 1 unspecified atom stereocenters. The molecule has 0 aliphatic rings. The van der Waals surface area contributed by atoms with Crippen molar-refractivity contribution in [1.82, 2.24) is 0 Å². The Labute approximate surface area is 236 Å². The third kappa shape index (κ3) is 29.2. The van der Waals surface area contributed by atoms with Crippen molar-refractivity contribution >= 4 is 11.9 Å². The van der Waals surface area contributed by atoms with Crippen molar-refractivity contribution in [2.75, 3.05) is 0 Å². The Morgan fingerprint density at radius 2 is 0.947 bits per heavy atom. The third-order valence-electron chi connectivity index (χ3n) is 7.49. The summed E-state index contributed by atoms with van der Waals surface area (Å²) in [7, 11) is 0. The highest BCUT2D eigenvalue weighted by atomic mass is 16.5. The summed E-state index contributed by atoms with van der Waals surface area (Å²) < 4.78 is 5.91. The summed E-state index contributed by atoms with van der Waals surface area (Å²) in [4.78, 5) is 23.0. The Hall–Kier alpha value is -1.32. The van der Waals surface area contributed by atoms with Crippen molar-refractivity contribution in [2.45, 2.75) is 193 Å². The van der Waals surface area contributed by atoms with Crippen molar-refractivity contribution in [1.29, 1.82) is 0 Å². The van der Waals surface area contributed by atoms with Crippen molar-refractivity contribution < 1.29 is 19.4 Å². The molecule has 0 heterocycles. The quantitative estimate of drug-likeness (QED) is 0.0563. The number of unbranched alkanes of at least 4 members (excludes halogenated alkanes) is 19. The third-order valence-corrected chi connectivity index (χ3v) is 7.49. The maximum Gasteiger partial charge on any atom is 0.306 e. The summed E-state index contributed by atoms with van der Waals surface area (Å²) in [6, 6.07) is 0. The zero-order valence-electron chi connectivity index (χ0n) is 25.5. The second-order valence-corrected chi connectivity index (χ2v) is 11.3. The highest BCUT2D eigenvalue weighted by Gasteiger charge is 2.14. The van der Waals surface area contributed by atoms with E-state index in [0.717, 1.165) is 57.8 Å². The van der Waals surface area contributed by atoms with Gasteiger partial charge in [-0.25, -0.2) is 0 Å². The second kappa shape index (κ2) is 30.2. The molecule has 0 fully saturated rings. The number of carboxylic acids is 1. The molecule has 4 nitrogen and oxygen atoms in total. The molecule has 38 heavy (non-hydrogen) atoms. The predicted molar refractivity (Wildman–Crippen MR) is 163 cm³/mol. The standard InChI is InChI=1S/C34H64O4/c1-3-5-7-8-9-10-11-12-13-17-20-23-27-31-34(37)38-32(28-24-6-4-2)29-25-21-18-15-14-16-19-22-26-30-33(35)36/h10-11,32H,3-9,12-31H2,1-2H3,(H,35,36)/b11-10-. The summed E-state index contributed by atoms with van der Waals surface area (Å²) in [5, 5.41) is 8.67. The van der Waals surface area contributed by atoms with Crippen LogP contribution in [0.3, 0.4) is 0 Å². The van der Waals surface area contributed by atoms with E-state index in [1.165, 1.54) is 103 Å². The number of carbonyl (C=O) groups excluding carboxylic acids is 1. The molecular weight excluding hydrogens is 472 g/mol. The minimum absolute atomic E-state index is 0.0143. The van der Waals surface area contributed by atoms with E-state index < -0.39 is 5.97 Å². The van der Waals surface area contributed by atoms with E-state index >= 15 is 0 Å². The molecular formula is C34H64O4. The number of hydrogen-bond acceptors (Lipinski definition) is 3. The van der Waals surface area contributed by atoms with Gasteiger partial charge in [0.1, 0.15) is 6.10 Å². The van der Waals surface area contributed by atoms with Crippen LogP contribution < -0.4 is 0 Å². The van der Waals surface area contributed by atoms with Gasteiger partial charge < -0.3 is 9.84 Å². The molecule has 0 aromatic rings. The van der Waals surface area contributed by atoms with Gasteiger partial charge in [0.15, 0.2) is 0 Å². The van der Waals surface area contributed by atoms with Gasteiger partial charge in [-0.1, -0.05) is 122 Å². The SMILES string of the molecule is CCCCCC/C=C\CCCCCCCC(=O)OC(CCCCC)CCCCCCCCCCCC(=O)O. The van der Waals surface area contributed by atoms with Gasteiger partial charge in [0, 0.05) is 12.8 Å². The van der Waals surface area contributed by atoms with Crippen molar-refractivity contribution in [3.63, 3.8) is 0 Å². The lowest BCUT2D eigenvalue weighted by atomic mass is 10.0. The van der Waals surface area contributed by atoms with Crippen LogP contribution in [0.1, 0.15) is 187 Å². The van der Waals surface area contributed by atoms with Gasteiger partial charge in [0.25, 0.3) is 0 Å². The van der Waals surface area contributed by atoms with Crippen LogP contribution in [0.15, 0.2) is 12.2 Å². The van der Waals surface area contributed by atoms with Gasteiger partial charge in [-0.15, -0.1) is 0 Å². The topological polar surface area (TPSA) is 63.6 Å². The maximum atomic E-state index is 12.4. The zero-order valence-corrected chi connectivity index (χ0v) is 25.5. The first-order chi connectivity index (χ1) is 18.6. The van der Waals surface area contributed by atoms with E-state index in [0.29, 0.717) is 12.8 Å². The fourth-order valence-electron chi connectivity index (χ4n) is 5.00. The first-order valence-electron chi connectivity index (χ1n) is 16.7. The van der Waals surface area contributed by atoms with Gasteiger partial charge >= 0.3 is 11.9 Å². The van der Waals surface area contributed by atoms with Crippen LogP contribution in [0, 0.1) is 0 Å². The van der Waals surface area contributed by atoms with Crippen LogP contribution in [0.4, 0.5) is 0 Å². The summed E-state index contributed by atoms with van der Waals surface area (Å²) in [5.74, 6) is -0.665. The highest BCUT2D eigenvalue weighted by molar-refractivity contribution is 5.69. The van der Waals surface area contributed by atoms with E-state index in [9.17, 15) is 9.59 Å². The van der Waals surface area contributed by atoms with Crippen LogP contribution in [-0.4, -0.2) is 23.1 Å². The fourth-order valence-corrected chi connectivity index (χ4v) is 5.00. The van der Waals surface area contributed by atoms with Crippen molar-refractivity contribution in [3.8, 4) is 0 Å². The molecule has 0 aliphatic heterocycles. The van der Waals surface area contributed by atoms with Crippen LogP contribution in [0.5, 0.6) is 0 Å². The van der Waals surface area contributed by atoms with Gasteiger partial charge in [0.05, 0.1) is 0 Å². The Morgan fingerprint density at radius 3 is 1.47 bits per heavy atom. The number of allylic oxidation sites excluding steroid dienone is 2. The number of ether oxygens (including phenoxy) is 1. The van der Waals surface area contributed by atoms with Gasteiger partial charge in [-0.05, 0) is 64.2 Å². The van der Waals surface area contributed by atoms with Crippen LogP contribution in [0.25, 0.3) is 0 Å². The summed E-state index contributed by atoms with van der Waals surface area (Å²) in [6.45, 7) is 4.48. The lowest BCUT2D eigenvalue weighted by Crippen LogP contribution is -2.18. The molecule has 0 aliphatic carbocycles. The second-order valence-electron chi connectivity index (χ2n) is 11.3. The Morgan fingerprint density at radius 1 is 0.553 bits per heavy atom.